The van der Waals surface area contributed by atoms with E-state index in [-0.39, 0.29) is 5.97 Å². The Kier molecular flexibility index (Phi) is 9.78. The van der Waals surface area contributed by atoms with Gasteiger partial charge < -0.3 is 14.6 Å². The van der Waals surface area contributed by atoms with Crippen LogP contribution >= 0.6 is 7.26 Å². The van der Waals surface area contributed by atoms with Gasteiger partial charge in [0.05, 0.1) is 11.9 Å². The highest BCUT2D eigenvalue weighted by molar-refractivity contribution is 7.99. The van der Waals surface area contributed by atoms with Crippen molar-refractivity contribution in [3.8, 4) is 0 Å². The van der Waals surface area contributed by atoms with Crippen LogP contribution in [0.4, 0.5) is 13.2 Å². The fourth-order valence-electron chi connectivity index (χ4n) is 3.59. The van der Waals surface area contributed by atoms with E-state index in [1.165, 1.54) is 15.9 Å². The Bertz CT molecular complexity index is 1020. The Balaban J connectivity index is 0.000000540. The maximum Gasteiger partial charge on any atom is 0.430 e. The monoisotopic (exact) mass is 502 g/mol. The van der Waals surface area contributed by atoms with E-state index in [1.807, 2.05) is 32.0 Å². The number of carboxylic acid groups (broad SMARTS) is 1. The third kappa shape index (κ3) is 6.58. The smallest absolute Gasteiger partial charge is 0.430 e. The zero-order valence-corrected chi connectivity index (χ0v) is 20.3. The van der Waals surface area contributed by atoms with Crippen LogP contribution in [0.5, 0.6) is 0 Å². The zero-order chi connectivity index (χ0) is 26.1. The minimum absolute atomic E-state index is 0.223. The summed E-state index contributed by atoms with van der Waals surface area (Å²) < 4.78 is 36.9. The van der Waals surface area contributed by atoms with Gasteiger partial charge in [-0.1, -0.05) is 61.2 Å². The molecule has 0 N–H and O–H groups in total. The Morgan fingerprint density at radius 3 is 1.43 bits per heavy atom. The van der Waals surface area contributed by atoms with Gasteiger partial charge in [-0.2, -0.15) is 13.2 Å². The summed E-state index contributed by atoms with van der Waals surface area (Å²) in [6.45, 7) is 8.61. The first-order valence-corrected chi connectivity index (χ1v) is 12.6. The van der Waals surface area contributed by atoms with E-state index in [0.29, 0.717) is 6.61 Å². The molecular weight excluding hydrogens is 476 g/mol. The van der Waals surface area contributed by atoms with Crippen LogP contribution in [0.1, 0.15) is 13.8 Å². The van der Waals surface area contributed by atoms with Crippen molar-refractivity contribution in [2.24, 2.45) is 5.92 Å². The topological polar surface area (TPSA) is 66.4 Å². The van der Waals surface area contributed by atoms with Crippen LogP contribution < -0.4 is 21.0 Å². The van der Waals surface area contributed by atoms with Gasteiger partial charge in [-0.05, 0) is 50.2 Å². The third-order valence-corrected chi connectivity index (χ3v) is 9.70. The summed E-state index contributed by atoms with van der Waals surface area (Å²) >= 11 is 0. The lowest BCUT2D eigenvalue weighted by molar-refractivity contribution is -0.344. The highest BCUT2D eigenvalue weighted by Gasteiger charge is 2.51. The molecule has 0 aliphatic carbocycles. The molecule has 0 heterocycles. The van der Waals surface area contributed by atoms with Crippen molar-refractivity contribution < 1.29 is 32.6 Å². The van der Waals surface area contributed by atoms with Gasteiger partial charge in [0, 0.05) is 0 Å². The lowest BCUT2D eigenvalue weighted by atomic mass is 10.2. The maximum atomic E-state index is 12.7. The number of hydrogen-bond donors (Lipinski definition) is 0. The van der Waals surface area contributed by atoms with Crippen molar-refractivity contribution in [2.75, 3.05) is 6.61 Å². The molecule has 1 unspecified atom stereocenters. The van der Waals surface area contributed by atoms with E-state index in [9.17, 15) is 18.0 Å². The van der Waals surface area contributed by atoms with Crippen molar-refractivity contribution in [2.45, 2.75) is 20.0 Å². The van der Waals surface area contributed by atoms with Gasteiger partial charge in [0.1, 0.15) is 35.1 Å². The highest BCUT2D eigenvalue weighted by Crippen LogP contribution is 2.64. The molecule has 0 saturated carbocycles. The van der Waals surface area contributed by atoms with E-state index < -0.39 is 25.3 Å². The predicted molar refractivity (Wildman–Crippen MR) is 131 cm³/mol. The molecule has 0 aromatic heterocycles. The van der Waals surface area contributed by atoms with Crippen molar-refractivity contribution in [1.29, 1.82) is 0 Å². The highest BCUT2D eigenvalue weighted by atomic mass is 31.2. The van der Waals surface area contributed by atoms with Gasteiger partial charge in [0.25, 0.3) is 0 Å². The average molecular weight is 502 g/mol. The lowest BCUT2D eigenvalue weighted by Crippen LogP contribution is -2.37. The van der Waals surface area contributed by atoms with Crippen LogP contribution in [-0.4, -0.2) is 24.7 Å². The predicted octanol–water partition coefficient (Wildman–Crippen LogP) is 3.99. The number of ether oxygens (including phenoxy) is 1. The molecule has 0 aliphatic heterocycles. The summed E-state index contributed by atoms with van der Waals surface area (Å²) in [6, 6.07) is 31.3. The summed E-state index contributed by atoms with van der Waals surface area (Å²) in [5, 5.41) is 13.3. The molecule has 3 aromatic carbocycles. The van der Waals surface area contributed by atoms with Gasteiger partial charge in [-0.25, -0.2) is 0 Å². The fraction of sp³-hybridized carbons (Fsp3) is 0.185. The first-order valence-electron chi connectivity index (χ1n) is 10.8. The van der Waals surface area contributed by atoms with E-state index in [4.69, 9.17) is 14.6 Å². The molecule has 0 radical (unpaired) electrons. The number of aliphatic carboxylic acids is 1. The van der Waals surface area contributed by atoms with Crippen LogP contribution in [0.2, 0.25) is 0 Å². The van der Waals surface area contributed by atoms with Crippen molar-refractivity contribution in [3.63, 3.8) is 0 Å². The maximum absolute atomic E-state index is 12.7. The van der Waals surface area contributed by atoms with Crippen molar-refractivity contribution in [1.82, 2.24) is 0 Å². The number of hydrogen-bond acceptors (Lipinski definition) is 4. The Hall–Kier alpha value is -3.44. The number of carbonyl (C=O) groups excluding carboxylic acids is 2. The van der Waals surface area contributed by atoms with Gasteiger partial charge in [-0.15, -0.1) is 0 Å². The van der Waals surface area contributed by atoms with Gasteiger partial charge >= 0.3 is 12.1 Å². The normalized spacial score (nSPS) is 12.0. The Labute approximate surface area is 203 Å². The Morgan fingerprint density at radius 1 is 0.857 bits per heavy atom. The van der Waals surface area contributed by atoms with Gasteiger partial charge in [0.15, 0.2) is 0 Å². The number of rotatable bonds is 7. The first-order chi connectivity index (χ1) is 16.6. The van der Waals surface area contributed by atoms with Crippen LogP contribution in [-0.2, 0) is 14.3 Å². The molecule has 0 aliphatic rings. The molecule has 3 aromatic rings. The van der Waals surface area contributed by atoms with Crippen LogP contribution in [0, 0.1) is 5.92 Å². The van der Waals surface area contributed by atoms with E-state index in [0.717, 1.165) is 5.31 Å². The largest absolute Gasteiger partial charge is 0.542 e. The van der Waals surface area contributed by atoms with Crippen LogP contribution in [0.15, 0.2) is 103 Å². The minimum Gasteiger partial charge on any atom is -0.542 e. The minimum atomic E-state index is -5.19. The number of benzene rings is 3. The molecule has 0 bridgehead atoms. The lowest BCUT2D eigenvalue weighted by Gasteiger charge is -2.31. The molecule has 0 spiro atoms. The molecule has 184 valence electrons. The van der Waals surface area contributed by atoms with Gasteiger partial charge in [-0.3, -0.25) is 4.79 Å². The fourth-order valence-corrected chi connectivity index (χ4v) is 8.03. The van der Waals surface area contributed by atoms with E-state index in [1.54, 1.807) is 0 Å². The summed E-state index contributed by atoms with van der Waals surface area (Å²) in [7, 11) is -2.27. The first kappa shape index (κ1) is 27.8. The summed E-state index contributed by atoms with van der Waals surface area (Å²) in [6.07, 6.45) is -5.19. The van der Waals surface area contributed by atoms with Crippen LogP contribution in [0.3, 0.4) is 0 Å². The van der Waals surface area contributed by atoms with Gasteiger partial charge in [0.2, 0.25) is 0 Å². The molecule has 3 rings (SSSR count). The molecular formula is C27H26F3O4P. The van der Waals surface area contributed by atoms with Crippen molar-refractivity contribution in [3.05, 3.63) is 103 Å². The number of alkyl halides is 3. The van der Waals surface area contributed by atoms with Crippen LogP contribution in [0.25, 0.3) is 0 Å². The number of carboxylic acids is 1. The molecule has 1 atom stereocenters. The second kappa shape index (κ2) is 12.3. The molecule has 35 heavy (non-hydrogen) atoms. The Morgan fingerprint density at radius 2 is 1.17 bits per heavy atom. The third-order valence-electron chi connectivity index (χ3n) is 5.23. The number of halogens is 3. The van der Waals surface area contributed by atoms with E-state index in [2.05, 4.69) is 79.4 Å². The summed E-state index contributed by atoms with van der Waals surface area (Å²) in [5.41, 5.74) is 0. The molecule has 0 amide bonds. The molecule has 4 nitrogen and oxygen atoms in total. The average Bonchev–Trinajstić information content (AvgIpc) is 2.86. The van der Waals surface area contributed by atoms with E-state index >= 15 is 0 Å². The summed E-state index contributed by atoms with van der Waals surface area (Å²) in [5.74, 6) is -3.64. The molecule has 8 heteroatoms. The SMILES string of the molecule is C=C(C(C)C(=O)OCC)[P+](c1ccccc1)(c1ccccc1)c1ccccc1.O=C([O-])C(F)(F)F. The summed E-state index contributed by atoms with van der Waals surface area (Å²) in [4.78, 5) is 21.4. The second-order valence-electron chi connectivity index (χ2n) is 7.43. The molecule has 0 fully saturated rings. The number of carbonyl (C=O) groups is 2. The standard InChI is InChI=1S/C25H26O2P.C2HF3O2/c1-4-27-25(26)20(2)21(3)28(22-14-8-5-9-15-22,23-16-10-6-11-17-23)24-18-12-7-13-19-24;3-2(4,5)1(6)7/h5-20H,3-4H2,1-2H3;(H,6,7)/q+1;/p-1. The van der Waals surface area contributed by atoms with Crippen molar-refractivity contribution >= 4 is 35.1 Å². The second-order valence-corrected chi connectivity index (χ2v) is 10.9. The number of esters is 1. The zero-order valence-electron chi connectivity index (χ0n) is 19.4. The molecule has 0 saturated heterocycles. The quantitative estimate of drug-likeness (QED) is 0.362.